The van der Waals surface area contributed by atoms with E-state index in [1.165, 1.54) is 28.6 Å². The lowest BCUT2D eigenvalue weighted by atomic mass is 9.99. The minimum atomic E-state index is -3.97. The highest BCUT2D eigenvalue weighted by atomic mass is 32.2. The predicted molar refractivity (Wildman–Crippen MR) is 101 cm³/mol. The van der Waals surface area contributed by atoms with Gasteiger partial charge >= 0.3 is 6.09 Å². The number of carbonyl (C=O) groups excluding carboxylic acids is 1. The summed E-state index contributed by atoms with van der Waals surface area (Å²) in [6, 6.07) is 5.29. The number of para-hydroxylation sites is 1. The van der Waals surface area contributed by atoms with Crippen molar-refractivity contribution in [1.82, 2.24) is 9.21 Å². The highest BCUT2D eigenvalue weighted by Gasteiger charge is 2.41. The Hall–Kier alpha value is -2.20. The molecule has 0 aliphatic carbocycles. The average Bonchev–Trinajstić information content (AvgIpc) is 3.01. The molecule has 0 unspecified atom stereocenters. The first-order chi connectivity index (χ1) is 13.2. The normalized spacial score (nSPS) is 21.9. The molecule has 9 nitrogen and oxygen atoms in total. The van der Waals surface area contributed by atoms with E-state index in [4.69, 9.17) is 4.74 Å². The van der Waals surface area contributed by atoms with E-state index in [0.29, 0.717) is 25.4 Å². The lowest BCUT2D eigenvalue weighted by Crippen LogP contribution is -2.50. The van der Waals surface area contributed by atoms with E-state index in [9.17, 15) is 23.3 Å². The van der Waals surface area contributed by atoms with E-state index in [1.807, 2.05) is 0 Å². The Morgan fingerprint density at radius 2 is 1.89 bits per heavy atom. The van der Waals surface area contributed by atoms with Crippen LogP contribution >= 0.6 is 0 Å². The lowest BCUT2D eigenvalue weighted by molar-refractivity contribution is -0.387. The first kappa shape index (κ1) is 20.5. The number of ether oxygens (including phenoxy) is 1. The van der Waals surface area contributed by atoms with Crippen molar-refractivity contribution >= 4 is 21.8 Å². The van der Waals surface area contributed by atoms with Gasteiger partial charge in [-0.1, -0.05) is 26.0 Å². The van der Waals surface area contributed by atoms with Crippen molar-refractivity contribution in [2.75, 3.05) is 19.7 Å². The number of cyclic esters (lactones) is 1. The number of hydrogen-bond acceptors (Lipinski definition) is 6. The second-order valence-corrected chi connectivity index (χ2v) is 9.53. The molecule has 1 aromatic rings. The van der Waals surface area contributed by atoms with Crippen LogP contribution in [0.4, 0.5) is 10.5 Å². The summed E-state index contributed by atoms with van der Waals surface area (Å²) in [6.45, 7) is 4.95. The van der Waals surface area contributed by atoms with E-state index in [-0.39, 0.29) is 36.2 Å². The number of nitro groups is 1. The van der Waals surface area contributed by atoms with Crippen molar-refractivity contribution in [2.45, 2.75) is 50.1 Å². The summed E-state index contributed by atoms with van der Waals surface area (Å²) in [4.78, 5) is 24.2. The minimum Gasteiger partial charge on any atom is -0.447 e. The molecule has 1 aromatic carbocycles. The zero-order chi connectivity index (χ0) is 20.5. The van der Waals surface area contributed by atoms with Gasteiger partial charge < -0.3 is 4.74 Å². The maximum atomic E-state index is 12.9. The van der Waals surface area contributed by atoms with Gasteiger partial charge in [-0.05, 0) is 31.2 Å². The number of nitrogens with zero attached hydrogens (tertiary/aromatic N) is 3. The molecule has 2 aliphatic rings. The van der Waals surface area contributed by atoms with Gasteiger partial charge in [0.05, 0.1) is 11.0 Å². The maximum Gasteiger partial charge on any atom is 0.410 e. The number of sulfonamides is 1. The van der Waals surface area contributed by atoms with Crippen LogP contribution in [0.5, 0.6) is 0 Å². The molecule has 0 bridgehead atoms. The van der Waals surface area contributed by atoms with Crippen molar-refractivity contribution in [3.05, 3.63) is 34.4 Å². The van der Waals surface area contributed by atoms with Crippen molar-refractivity contribution in [2.24, 2.45) is 5.92 Å². The summed E-state index contributed by atoms with van der Waals surface area (Å²) in [5, 5.41) is 11.2. The molecule has 0 radical (unpaired) electrons. The number of rotatable bonds is 6. The van der Waals surface area contributed by atoms with Crippen LogP contribution in [0.3, 0.4) is 0 Å². The highest BCUT2D eigenvalue weighted by molar-refractivity contribution is 7.89. The Bertz CT molecular complexity index is 849. The zero-order valence-electron chi connectivity index (χ0n) is 16.0. The first-order valence-electron chi connectivity index (χ1n) is 9.40. The third kappa shape index (κ3) is 3.97. The quantitative estimate of drug-likeness (QED) is 0.526. The summed E-state index contributed by atoms with van der Waals surface area (Å²) >= 11 is 0. The van der Waals surface area contributed by atoms with Gasteiger partial charge in [0, 0.05) is 25.2 Å². The monoisotopic (exact) mass is 411 g/mol. The van der Waals surface area contributed by atoms with Crippen LogP contribution in [0.2, 0.25) is 0 Å². The summed E-state index contributed by atoms with van der Waals surface area (Å²) in [7, 11) is -3.97. The van der Waals surface area contributed by atoms with Crippen molar-refractivity contribution in [3.63, 3.8) is 0 Å². The zero-order valence-corrected chi connectivity index (χ0v) is 16.8. The molecule has 10 heteroatoms. The molecule has 2 fully saturated rings. The molecule has 1 atom stereocenters. The van der Waals surface area contributed by atoms with E-state index in [2.05, 4.69) is 13.8 Å². The van der Waals surface area contributed by atoms with Gasteiger partial charge in [0.15, 0.2) is 4.90 Å². The SMILES string of the molecule is CC(C)C[C@H]1COC(=O)N1C1CCN(S(=O)(=O)c2ccccc2[N+](=O)[O-])CC1. The number of hydrogen-bond donors (Lipinski definition) is 0. The molecule has 2 aliphatic heterocycles. The minimum absolute atomic E-state index is 0.0101. The predicted octanol–water partition coefficient (Wildman–Crippen LogP) is 2.61. The van der Waals surface area contributed by atoms with Gasteiger partial charge in [0.2, 0.25) is 10.0 Å². The number of benzene rings is 1. The molecule has 0 aromatic heterocycles. The second-order valence-electron chi connectivity index (χ2n) is 7.63. The van der Waals surface area contributed by atoms with Crippen molar-refractivity contribution in [3.8, 4) is 0 Å². The first-order valence-corrected chi connectivity index (χ1v) is 10.8. The Balaban J connectivity index is 1.73. The van der Waals surface area contributed by atoms with Crippen LogP contribution in [-0.4, -0.2) is 60.4 Å². The Kier molecular flexibility index (Phi) is 5.90. The van der Waals surface area contributed by atoms with Crippen molar-refractivity contribution < 1.29 is 22.9 Å². The molecule has 2 saturated heterocycles. The number of amides is 1. The molecule has 0 N–H and O–H groups in total. The Labute approximate surface area is 164 Å². The van der Waals surface area contributed by atoms with Crippen molar-refractivity contribution in [1.29, 1.82) is 0 Å². The summed E-state index contributed by atoms with van der Waals surface area (Å²) in [5.41, 5.74) is -0.426. The summed E-state index contributed by atoms with van der Waals surface area (Å²) < 4.78 is 32.3. The Morgan fingerprint density at radius 1 is 1.25 bits per heavy atom. The van der Waals surface area contributed by atoms with Crippen LogP contribution in [0.15, 0.2) is 29.2 Å². The van der Waals surface area contributed by atoms with Crippen LogP contribution in [0, 0.1) is 16.0 Å². The topological polar surface area (TPSA) is 110 Å². The number of nitro benzene ring substituents is 1. The van der Waals surface area contributed by atoms with Crippen LogP contribution < -0.4 is 0 Å². The molecule has 3 rings (SSSR count). The van der Waals surface area contributed by atoms with E-state index < -0.39 is 20.6 Å². The largest absolute Gasteiger partial charge is 0.447 e. The smallest absolute Gasteiger partial charge is 0.410 e. The fourth-order valence-electron chi connectivity index (χ4n) is 3.97. The second kappa shape index (κ2) is 8.04. The van der Waals surface area contributed by atoms with E-state index in [1.54, 1.807) is 4.90 Å². The van der Waals surface area contributed by atoms with Gasteiger partial charge in [-0.2, -0.15) is 4.31 Å². The van der Waals surface area contributed by atoms with Crippen LogP contribution in [0.1, 0.15) is 33.1 Å². The third-order valence-electron chi connectivity index (χ3n) is 5.24. The van der Waals surface area contributed by atoms with Gasteiger partial charge in [0.1, 0.15) is 6.61 Å². The average molecular weight is 411 g/mol. The van der Waals surface area contributed by atoms with E-state index >= 15 is 0 Å². The fourth-order valence-corrected chi connectivity index (χ4v) is 5.60. The highest BCUT2D eigenvalue weighted by Crippen LogP contribution is 2.31. The fraction of sp³-hybridized carbons (Fsp3) is 0.611. The molecular weight excluding hydrogens is 386 g/mol. The molecule has 1 amide bonds. The van der Waals surface area contributed by atoms with Gasteiger partial charge in [-0.25, -0.2) is 13.2 Å². The standard InChI is InChI=1S/C18H25N3O6S/c1-13(2)11-15-12-27-18(22)20(15)14-7-9-19(10-8-14)28(25,26)17-6-4-3-5-16(17)21(23)24/h3-6,13-15H,7-12H2,1-2H3/t15-/m0/s1. The Morgan fingerprint density at radius 3 is 2.50 bits per heavy atom. The molecule has 0 spiro atoms. The maximum absolute atomic E-state index is 12.9. The van der Waals surface area contributed by atoms with Gasteiger partial charge in [-0.3, -0.25) is 15.0 Å². The molecular formula is C18H25N3O6S. The summed E-state index contributed by atoms with van der Waals surface area (Å²) in [5.74, 6) is 0.418. The lowest BCUT2D eigenvalue weighted by Gasteiger charge is -2.37. The van der Waals surface area contributed by atoms with E-state index in [0.717, 1.165) is 6.42 Å². The molecule has 2 heterocycles. The van der Waals surface area contributed by atoms with Crippen LogP contribution in [0.25, 0.3) is 0 Å². The molecule has 0 saturated carbocycles. The summed E-state index contributed by atoms with van der Waals surface area (Å²) in [6.07, 6.45) is 1.44. The number of piperidine rings is 1. The van der Waals surface area contributed by atoms with Gasteiger partial charge in [0.25, 0.3) is 5.69 Å². The van der Waals surface area contributed by atoms with Crippen LogP contribution in [-0.2, 0) is 14.8 Å². The molecule has 154 valence electrons. The molecule has 28 heavy (non-hydrogen) atoms. The third-order valence-corrected chi connectivity index (χ3v) is 7.19. The number of carbonyl (C=O) groups is 1. The van der Waals surface area contributed by atoms with Gasteiger partial charge in [-0.15, -0.1) is 0 Å².